The third-order valence-corrected chi connectivity index (χ3v) is 6.78. The molecule has 0 aliphatic rings. The minimum atomic E-state index is 0.301. The van der Waals surface area contributed by atoms with Crippen molar-refractivity contribution in [2.75, 3.05) is 94.7 Å². The molecule has 0 amide bonds. The van der Waals surface area contributed by atoms with Gasteiger partial charge in [0.1, 0.15) is 40.4 Å². The number of rotatable bonds is 33. The van der Waals surface area contributed by atoms with Crippen LogP contribution in [0.15, 0.2) is 0 Å². The molecule has 0 atom stereocenters. The summed E-state index contributed by atoms with van der Waals surface area (Å²) >= 11 is 0. The van der Waals surface area contributed by atoms with Crippen molar-refractivity contribution in [1.29, 1.82) is 0 Å². The second-order valence-electron chi connectivity index (χ2n) is 11.2. The smallest absolute Gasteiger partial charge is 0.235 e. The maximum absolute atomic E-state index is 6.04. The van der Waals surface area contributed by atoms with E-state index in [4.69, 9.17) is 43.4 Å². The largest absolute Gasteiger partial charge is 0.361 e. The summed E-state index contributed by atoms with van der Waals surface area (Å²) in [6.07, 6.45) is 12.2. The number of hydrogen-bond acceptors (Lipinski definition) is 12. The fourth-order valence-electron chi connectivity index (χ4n) is 3.75. The van der Waals surface area contributed by atoms with Crippen LogP contribution in [0.25, 0.3) is 0 Å². The first kappa shape index (κ1) is 41.2. The number of anilines is 3. The van der Waals surface area contributed by atoms with E-state index in [1.165, 1.54) is 0 Å². The summed E-state index contributed by atoms with van der Waals surface area (Å²) in [7, 11) is 0. The summed E-state index contributed by atoms with van der Waals surface area (Å²) in [5, 5.41) is 0. The summed E-state index contributed by atoms with van der Waals surface area (Å²) in [5.41, 5.74) is 0. The molecule has 1 aromatic rings. The van der Waals surface area contributed by atoms with E-state index in [1.54, 1.807) is 0 Å². The Balaban J connectivity index is 3.49. The van der Waals surface area contributed by atoms with E-state index < -0.39 is 0 Å². The lowest BCUT2D eigenvalue weighted by atomic mass is 10.4. The summed E-state index contributed by atoms with van der Waals surface area (Å²) in [6.45, 7) is 18.6. The molecule has 12 nitrogen and oxygen atoms in total. The van der Waals surface area contributed by atoms with Crippen molar-refractivity contribution in [3.63, 3.8) is 0 Å². The molecule has 0 radical (unpaired) electrons. The monoisotopic (exact) mass is 643 g/mol. The number of ether oxygens (including phenoxy) is 6. The first-order valence-corrected chi connectivity index (χ1v) is 17.6. The van der Waals surface area contributed by atoms with Gasteiger partial charge in [0.05, 0.1) is 0 Å². The number of nitrogens with zero attached hydrogens (tertiary/aromatic N) is 6. The van der Waals surface area contributed by atoms with E-state index in [9.17, 15) is 0 Å². The van der Waals surface area contributed by atoms with Crippen molar-refractivity contribution in [2.45, 2.75) is 119 Å². The molecule has 0 saturated heterocycles. The first-order valence-electron chi connectivity index (χ1n) is 17.6. The van der Waals surface area contributed by atoms with Crippen LogP contribution in [-0.2, 0) is 28.4 Å². The topological polar surface area (TPSA) is 104 Å². The van der Waals surface area contributed by atoms with Crippen LogP contribution in [0.5, 0.6) is 0 Å². The van der Waals surface area contributed by atoms with Gasteiger partial charge in [-0.2, -0.15) is 15.0 Å². The Morgan fingerprint density at radius 2 is 0.511 bits per heavy atom. The van der Waals surface area contributed by atoms with E-state index >= 15 is 0 Å². The Morgan fingerprint density at radius 3 is 0.667 bits per heavy atom. The highest BCUT2D eigenvalue weighted by Gasteiger charge is 2.22. The lowest BCUT2D eigenvalue weighted by molar-refractivity contribution is 0.0778. The van der Waals surface area contributed by atoms with Gasteiger partial charge in [-0.1, -0.05) is 80.1 Å². The summed E-state index contributed by atoms with van der Waals surface area (Å²) in [6, 6.07) is 0. The third-order valence-electron chi connectivity index (χ3n) is 6.78. The SMILES string of the molecule is CCCCOCN(COCCCC)c1nc(N(COCCCC)COCCCC)nc(N(COCCCC)COCCCC)n1. The fraction of sp³-hybridized carbons (Fsp3) is 0.909. The van der Waals surface area contributed by atoms with Crippen molar-refractivity contribution >= 4 is 17.8 Å². The molecular formula is C33H66N6O6. The zero-order chi connectivity index (χ0) is 32.8. The Morgan fingerprint density at radius 1 is 0.333 bits per heavy atom. The van der Waals surface area contributed by atoms with Gasteiger partial charge in [-0.05, 0) is 38.5 Å². The molecule has 12 heteroatoms. The second kappa shape index (κ2) is 29.6. The Labute approximate surface area is 274 Å². The molecule has 0 fully saturated rings. The molecule has 45 heavy (non-hydrogen) atoms. The quantitative estimate of drug-likeness (QED) is 0.0586. The minimum Gasteiger partial charge on any atom is -0.361 e. The average molecular weight is 643 g/mol. The highest BCUT2D eigenvalue weighted by molar-refractivity contribution is 5.45. The summed E-state index contributed by atoms with van der Waals surface area (Å²) in [4.78, 5) is 20.6. The molecule has 0 unspecified atom stereocenters. The minimum absolute atomic E-state index is 0.301. The van der Waals surface area contributed by atoms with E-state index in [0.29, 0.717) is 97.9 Å². The van der Waals surface area contributed by atoms with Gasteiger partial charge in [-0.15, -0.1) is 0 Å². The molecule has 0 bridgehead atoms. The second-order valence-corrected chi connectivity index (χ2v) is 11.2. The highest BCUT2D eigenvalue weighted by Crippen LogP contribution is 2.21. The van der Waals surface area contributed by atoms with Gasteiger partial charge >= 0.3 is 0 Å². The Bertz CT molecular complexity index is 648. The zero-order valence-corrected chi connectivity index (χ0v) is 29.6. The van der Waals surface area contributed by atoms with E-state index in [-0.39, 0.29) is 0 Å². The highest BCUT2D eigenvalue weighted by atomic mass is 16.5. The van der Waals surface area contributed by atoms with Gasteiger partial charge in [0.15, 0.2) is 0 Å². The molecule has 0 saturated carbocycles. The molecule has 0 aliphatic carbocycles. The molecule has 1 heterocycles. The Kier molecular flexibility index (Phi) is 27.1. The first-order chi connectivity index (χ1) is 22.1. The molecule has 264 valence electrons. The Hall–Kier alpha value is -1.83. The van der Waals surface area contributed by atoms with Gasteiger partial charge < -0.3 is 28.4 Å². The van der Waals surface area contributed by atoms with E-state index in [1.807, 2.05) is 14.7 Å². The fourth-order valence-corrected chi connectivity index (χ4v) is 3.75. The van der Waals surface area contributed by atoms with E-state index in [0.717, 1.165) is 77.0 Å². The molecular weight excluding hydrogens is 576 g/mol. The van der Waals surface area contributed by atoms with Gasteiger partial charge in [0.25, 0.3) is 0 Å². The molecule has 0 N–H and O–H groups in total. The van der Waals surface area contributed by atoms with Crippen LogP contribution in [0, 0.1) is 0 Å². The van der Waals surface area contributed by atoms with Crippen molar-refractivity contribution in [3.05, 3.63) is 0 Å². The maximum atomic E-state index is 6.04. The predicted molar refractivity (Wildman–Crippen MR) is 182 cm³/mol. The molecule has 1 aromatic heterocycles. The van der Waals surface area contributed by atoms with Gasteiger partial charge in [0, 0.05) is 39.6 Å². The predicted octanol–water partition coefficient (Wildman–Crippen LogP) is 6.94. The molecule has 0 aromatic carbocycles. The van der Waals surface area contributed by atoms with Crippen molar-refractivity contribution in [3.8, 4) is 0 Å². The van der Waals surface area contributed by atoms with Crippen LogP contribution in [0.1, 0.15) is 119 Å². The average Bonchev–Trinajstić information content (AvgIpc) is 3.06. The number of aromatic nitrogens is 3. The normalized spacial score (nSPS) is 11.3. The van der Waals surface area contributed by atoms with Crippen molar-refractivity contribution < 1.29 is 28.4 Å². The third kappa shape index (κ3) is 20.1. The van der Waals surface area contributed by atoms with Gasteiger partial charge in [0.2, 0.25) is 17.8 Å². The van der Waals surface area contributed by atoms with Crippen LogP contribution in [0.4, 0.5) is 17.8 Å². The van der Waals surface area contributed by atoms with Crippen LogP contribution in [0.3, 0.4) is 0 Å². The molecule has 0 spiro atoms. The van der Waals surface area contributed by atoms with E-state index in [2.05, 4.69) is 41.5 Å². The molecule has 0 aliphatic heterocycles. The van der Waals surface area contributed by atoms with Crippen LogP contribution >= 0.6 is 0 Å². The van der Waals surface area contributed by atoms with Gasteiger partial charge in [-0.3, -0.25) is 14.7 Å². The molecule has 1 rings (SSSR count). The number of unbranched alkanes of at least 4 members (excludes halogenated alkanes) is 6. The van der Waals surface area contributed by atoms with Crippen LogP contribution in [-0.4, -0.2) is 95.0 Å². The van der Waals surface area contributed by atoms with Crippen molar-refractivity contribution in [1.82, 2.24) is 15.0 Å². The lowest BCUT2D eigenvalue weighted by Crippen LogP contribution is -2.37. The zero-order valence-electron chi connectivity index (χ0n) is 29.6. The lowest BCUT2D eigenvalue weighted by Gasteiger charge is -2.29. The van der Waals surface area contributed by atoms with Crippen LogP contribution < -0.4 is 14.7 Å². The van der Waals surface area contributed by atoms with Crippen molar-refractivity contribution in [2.24, 2.45) is 0 Å². The maximum Gasteiger partial charge on any atom is 0.235 e. The van der Waals surface area contributed by atoms with Crippen LogP contribution in [0.2, 0.25) is 0 Å². The number of hydrogen-bond donors (Lipinski definition) is 0. The summed E-state index contributed by atoms with van der Waals surface area (Å²) < 4.78 is 36.2. The standard InChI is InChI=1S/C33H66N6O6/c1-7-13-19-40-25-37(26-41-20-14-8-2)31-34-32(38(27-42-21-15-9-3)28-43-22-16-10-4)36-33(35-31)39(29-44-23-17-11-5)30-45-24-18-12-6/h7-30H2,1-6H3. The van der Waals surface area contributed by atoms with Gasteiger partial charge in [-0.25, -0.2) is 0 Å². The summed E-state index contributed by atoms with van der Waals surface area (Å²) in [5.74, 6) is 1.38.